The van der Waals surface area contributed by atoms with Crippen LogP contribution in [0.2, 0.25) is 0 Å². The Morgan fingerprint density at radius 3 is 1.95 bits per heavy atom. The van der Waals surface area contributed by atoms with E-state index >= 15 is 0 Å². The third kappa shape index (κ3) is 2.54. The van der Waals surface area contributed by atoms with Crippen molar-refractivity contribution in [3.8, 4) is 22.5 Å². The fourth-order valence-electron chi connectivity index (χ4n) is 2.05. The van der Waals surface area contributed by atoms with Gasteiger partial charge in [-0.15, -0.1) is 0 Å². The Labute approximate surface area is 130 Å². The number of hydrogen-bond donors (Lipinski definition) is 0. The maximum atomic E-state index is 12.2. The molecule has 0 N–H and O–H groups in total. The van der Waals surface area contributed by atoms with Crippen molar-refractivity contribution >= 4 is 22.6 Å². The second-order valence-corrected chi connectivity index (χ2v) is 5.52. The zero-order chi connectivity index (χ0) is 13.9. The summed E-state index contributed by atoms with van der Waals surface area (Å²) in [5, 5.41) is 0. The monoisotopic (exact) mass is 374 g/mol. The van der Waals surface area contributed by atoms with E-state index in [1.165, 1.54) is 0 Å². The highest BCUT2D eigenvalue weighted by molar-refractivity contribution is 14.1. The van der Waals surface area contributed by atoms with Crippen molar-refractivity contribution in [1.82, 2.24) is 0 Å². The van der Waals surface area contributed by atoms with Gasteiger partial charge in [-0.2, -0.15) is 0 Å². The average molecular weight is 374 g/mol. The van der Waals surface area contributed by atoms with Gasteiger partial charge in [0, 0.05) is 5.56 Å². The van der Waals surface area contributed by atoms with Crippen LogP contribution in [-0.2, 0) is 0 Å². The van der Waals surface area contributed by atoms with Crippen LogP contribution >= 0.6 is 22.6 Å². The maximum absolute atomic E-state index is 12.2. The second-order valence-electron chi connectivity index (χ2n) is 4.36. The van der Waals surface area contributed by atoms with E-state index in [1.54, 1.807) is 0 Å². The van der Waals surface area contributed by atoms with E-state index in [-0.39, 0.29) is 5.63 Å². The molecule has 20 heavy (non-hydrogen) atoms. The number of rotatable bonds is 2. The van der Waals surface area contributed by atoms with Crippen LogP contribution in [0, 0.1) is 3.57 Å². The predicted molar refractivity (Wildman–Crippen MR) is 88.6 cm³/mol. The van der Waals surface area contributed by atoms with Gasteiger partial charge in [-0.3, -0.25) is 0 Å². The Morgan fingerprint density at radius 2 is 1.35 bits per heavy atom. The zero-order valence-corrected chi connectivity index (χ0v) is 12.7. The van der Waals surface area contributed by atoms with Gasteiger partial charge in [0.25, 0.3) is 0 Å². The molecule has 0 amide bonds. The Balaban J connectivity index is 2.15. The third-order valence-electron chi connectivity index (χ3n) is 3.02. The lowest BCUT2D eigenvalue weighted by molar-refractivity contribution is 0.525. The molecular weight excluding hydrogens is 363 g/mol. The van der Waals surface area contributed by atoms with E-state index in [2.05, 4.69) is 22.6 Å². The highest BCUT2D eigenvalue weighted by atomic mass is 127. The van der Waals surface area contributed by atoms with Gasteiger partial charge in [-0.1, -0.05) is 60.7 Å². The highest BCUT2D eigenvalue weighted by Crippen LogP contribution is 2.27. The highest BCUT2D eigenvalue weighted by Gasteiger charge is 2.12. The molecule has 3 aromatic rings. The van der Waals surface area contributed by atoms with Gasteiger partial charge in [0.1, 0.15) is 0 Å². The van der Waals surface area contributed by atoms with Crippen LogP contribution in [0.15, 0.2) is 75.9 Å². The lowest BCUT2D eigenvalue weighted by Gasteiger charge is -2.06. The van der Waals surface area contributed by atoms with Crippen LogP contribution in [0.3, 0.4) is 0 Å². The van der Waals surface area contributed by atoms with Crippen molar-refractivity contribution in [2.45, 2.75) is 0 Å². The summed E-state index contributed by atoms with van der Waals surface area (Å²) in [5.74, 6) is 0.621. The summed E-state index contributed by atoms with van der Waals surface area (Å²) in [7, 11) is 0. The molecule has 3 heteroatoms. The van der Waals surface area contributed by atoms with Gasteiger partial charge < -0.3 is 4.42 Å². The summed E-state index contributed by atoms with van der Waals surface area (Å²) < 4.78 is 6.44. The Morgan fingerprint density at radius 1 is 0.800 bits per heavy atom. The molecule has 0 spiro atoms. The molecule has 0 saturated carbocycles. The van der Waals surface area contributed by atoms with Crippen LogP contribution in [0.1, 0.15) is 0 Å². The lowest BCUT2D eigenvalue weighted by Crippen LogP contribution is -2.05. The van der Waals surface area contributed by atoms with E-state index in [9.17, 15) is 4.79 Å². The SMILES string of the molecule is O=c1oc(-c2ccccc2)c(I)cc1-c1ccccc1. The molecular formula is C17H11IO2. The van der Waals surface area contributed by atoms with Crippen LogP contribution in [0.25, 0.3) is 22.5 Å². The van der Waals surface area contributed by atoms with Crippen LogP contribution < -0.4 is 5.63 Å². The average Bonchev–Trinajstić information content (AvgIpc) is 2.51. The van der Waals surface area contributed by atoms with Crippen molar-refractivity contribution in [2.75, 3.05) is 0 Å². The van der Waals surface area contributed by atoms with Gasteiger partial charge in [-0.05, 0) is 34.2 Å². The molecule has 3 rings (SSSR count). The first kappa shape index (κ1) is 13.1. The number of hydrogen-bond acceptors (Lipinski definition) is 2. The molecule has 0 unspecified atom stereocenters. The van der Waals surface area contributed by atoms with Gasteiger partial charge >= 0.3 is 5.63 Å². The summed E-state index contributed by atoms with van der Waals surface area (Å²) in [6.45, 7) is 0. The quantitative estimate of drug-likeness (QED) is 0.615. The topological polar surface area (TPSA) is 30.2 Å². The van der Waals surface area contributed by atoms with Crippen molar-refractivity contribution in [1.29, 1.82) is 0 Å². The Bertz CT molecular complexity index is 777. The molecule has 0 aliphatic heterocycles. The van der Waals surface area contributed by atoms with E-state index in [4.69, 9.17) is 4.42 Å². The van der Waals surface area contributed by atoms with Crippen LogP contribution in [-0.4, -0.2) is 0 Å². The second kappa shape index (κ2) is 5.63. The molecule has 0 aliphatic rings. The molecule has 0 radical (unpaired) electrons. The van der Waals surface area contributed by atoms with Crippen LogP contribution in [0.4, 0.5) is 0 Å². The number of benzene rings is 2. The Kier molecular flexibility index (Phi) is 3.69. The minimum absolute atomic E-state index is 0.310. The molecule has 1 heterocycles. The molecule has 2 nitrogen and oxygen atoms in total. The standard InChI is InChI=1S/C17H11IO2/c18-15-11-14(12-7-3-1-4-8-12)17(19)20-16(15)13-9-5-2-6-10-13/h1-11H. The van der Waals surface area contributed by atoms with E-state index in [0.717, 1.165) is 14.7 Å². The maximum Gasteiger partial charge on any atom is 0.344 e. The third-order valence-corrected chi connectivity index (χ3v) is 3.82. The zero-order valence-electron chi connectivity index (χ0n) is 10.5. The lowest BCUT2D eigenvalue weighted by atomic mass is 10.1. The van der Waals surface area contributed by atoms with Gasteiger partial charge in [0.15, 0.2) is 5.76 Å². The molecule has 0 fully saturated rings. The first-order valence-electron chi connectivity index (χ1n) is 6.20. The van der Waals surface area contributed by atoms with Crippen LogP contribution in [0.5, 0.6) is 0 Å². The fraction of sp³-hybridized carbons (Fsp3) is 0. The molecule has 0 saturated heterocycles. The normalized spacial score (nSPS) is 10.4. The summed E-state index contributed by atoms with van der Waals surface area (Å²) in [6.07, 6.45) is 0. The van der Waals surface area contributed by atoms with Gasteiger partial charge in [-0.25, -0.2) is 4.79 Å². The van der Waals surface area contributed by atoms with Crippen molar-refractivity contribution < 1.29 is 4.42 Å². The fourth-order valence-corrected chi connectivity index (χ4v) is 2.79. The molecule has 98 valence electrons. The predicted octanol–water partition coefficient (Wildman–Crippen LogP) is 4.58. The summed E-state index contributed by atoms with van der Waals surface area (Å²) in [5.41, 5.74) is 2.07. The van der Waals surface area contributed by atoms with Crippen molar-refractivity contribution in [3.63, 3.8) is 0 Å². The first-order chi connectivity index (χ1) is 9.75. The molecule has 0 bridgehead atoms. The smallest absolute Gasteiger partial charge is 0.344 e. The van der Waals surface area contributed by atoms with Gasteiger partial charge in [0.2, 0.25) is 0 Å². The summed E-state index contributed by atoms with van der Waals surface area (Å²) >= 11 is 2.20. The van der Waals surface area contributed by atoms with E-state index < -0.39 is 0 Å². The Hall–Kier alpha value is -1.88. The van der Waals surface area contributed by atoms with Crippen molar-refractivity contribution in [3.05, 3.63) is 80.7 Å². The minimum Gasteiger partial charge on any atom is -0.421 e. The first-order valence-corrected chi connectivity index (χ1v) is 7.28. The van der Waals surface area contributed by atoms with Crippen molar-refractivity contribution in [2.24, 2.45) is 0 Å². The van der Waals surface area contributed by atoms with E-state index in [0.29, 0.717) is 11.3 Å². The molecule has 0 atom stereocenters. The number of halogens is 1. The summed E-state index contributed by atoms with van der Waals surface area (Å²) in [4.78, 5) is 12.2. The molecule has 1 aromatic heterocycles. The van der Waals surface area contributed by atoms with E-state index in [1.807, 2.05) is 66.7 Å². The van der Waals surface area contributed by atoms with Gasteiger partial charge in [0.05, 0.1) is 9.13 Å². The molecule has 2 aromatic carbocycles. The summed E-state index contributed by atoms with van der Waals surface area (Å²) in [6, 6.07) is 21.1. The largest absolute Gasteiger partial charge is 0.421 e. The molecule has 0 aliphatic carbocycles. The minimum atomic E-state index is -0.310.